The number of benzene rings is 1. The maximum Gasteiger partial charge on any atom is 0.433 e. The molecule has 112 valence electrons. The number of aromatic nitrogens is 3. The molecule has 3 rings (SSSR count). The Bertz CT molecular complexity index is 871. The number of carboxylic acids is 1. The van der Waals surface area contributed by atoms with Crippen molar-refractivity contribution in [3.63, 3.8) is 0 Å². The van der Waals surface area contributed by atoms with Gasteiger partial charge < -0.3 is 5.11 Å². The van der Waals surface area contributed by atoms with E-state index in [1.165, 1.54) is 28.9 Å². The summed E-state index contributed by atoms with van der Waals surface area (Å²) in [5, 5.41) is 8.99. The summed E-state index contributed by atoms with van der Waals surface area (Å²) in [6.45, 7) is 0. The topological polar surface area (TPSA) is 67.5 Å². The lowest BCUT2D eigenvalue weighted by Gasteiger charge is -2.06. The van der Waals surface area contributed by atoms with Gasteiger partial charge in [0.05, 0.1) is 17.5 Å². The molecular weight excluding hydrogens is 299 g/mol. The van der Waals surface area contributed by atoms with Gasteiger partial charge in [0.15, 0.2) is 0 Å². The summed E-state index contributed by atoms with van der Waals surface area (Å²) in [4.78, 5) is 18.3. The van der Waals surface area contributed by atoms with Crippen molar-refractivity contribution < 1.29 is 23.1 Å². The van der Waals surface area contributed by atoms with Crippen LogP contribution < -0.4 is 0 Å². The SMILES string of the molecule is O=C(O)c1cccc(-c2cnc3nc(C(F)(F)F)ccn23)c1. The van der Waals surface area contributed by atoms with E-state index in [9.17, 15) is 18.0 Å². The van der Waals surface area contributed by atoms with E-state index >= 15 is 0 Å². The predicted molar refractivity (Wildman–Crippen MR) is 70.4 cm³/mol. The minimum atomic E-state index is -4.54. The minimum absolute atomic E-state index is 0.0762. The fourth-order valence-corrected chi connectivity index (χ4v) is 2.05. The molecule has 0 radical (unpaired) electrons. The monoisotopic (exact) mass is 307 g/mol. The molecule has 0 fully saturated rings. The van der Waals surface area contributed by atoms with Gasteiger partial charge >= 0.3 is 12.1 Å². The Hall–Kier alpha value is -2.90. The lowest BCUT2D eigenvalue weighted by Crippen LogP contribution is -2.09. The summed E-state index contributed by atoms with van der Waals surface area (Å²) in [6, 6.07) is 6.89. The Balaban J connectivity index is 2.13. The molecule has 2 aromatic heterocycles. The Morgan fingerprint density at radius 2 is 2.00 bits per heavy atom. The van der Waals surface area contributed by atoms with Crippen LogP contribution in [0.25, 0.3) is 17.0 Å². The maximum atomic E-state index is 12.6. The van der Waals surface area contributed by atoms with Crippen molar-refractivity contribution in [1.29, 1.82) is 0 Å². The molecule has 5 nitrogen and oxygen atoms in total. The average molecular weight is 307 g/mol. The highest BCUT2D eigenvalue weighted by Gasteiger charge is 2.33. The molecule has 1 aromatic carbocycles. The molecule has 0 aliphatic heterocycles. The number of fused-ring (bicyclic) bond motifs is 1. The van der Waals surface area contributed by atoms with Crippen LogP contribution in [0, 0.1) is 0 Å². The van der Waals surface area contributed by atoms with Gasteiger partial charge in [-0.25, -0.2) is 14.8 Å². The van der Waals surface area contributed by atoms with E-state index in [-0.39, 0.29) is 11.3 Å². The molecule has 0 spiro atoms. The second-order valence-corrected chi connectivity index (χ2v) is 4.51. The number of hydrogen-bond donors (Lipinski definition) is 1. The lowest BCUT2D eigenvalue weighted by atomic mass is 10.1. The van der Waals surface area contributed by atoms with Crippen LogP contribution in [-0.4, -0.2) is 25.4 Å². The third-order valence-electron chi connectivity index (χ3n) is 3.07. The second kappa shape index (κ2) is 4.83. The van der Waals surface area contributed by atoms with Gasteiger partial charge in [0.1, 0.15) is 5.69 Å². The summed E-state index contributed by atoms with van der Waals surface area (Å²) in [5.74, 6) is -1.20. The largest absolute Gasteiger partial charge is 0.478 e. The number of imidazole rings is 1. The number of nitrogens with zero attached hydrogens (tertiary/aromatic N) is 3. The standard InChI is InChI=1S/C14H8F3N3O2/c15-14(16,17)11-4-5-20-10(7-18-13(20)19-11)8-2-1-3-9(6-8)12(21)22/h1-7H,(H,21,22). The van der Waals surface area contributed by atoms with E-state index in [1.807, 2.05) is 0 Å². The van der Waals surface area contributed by atoms with Crippen molar-refractivity contribution in [2.45, 2.75) is 6.18 Å². The molecule has 0 saturated heterocycles. The smallest absolute Gasteiger partial charge is 0.433 e. The zero-order valence-electron chi connectivity index (χ0n) is 10.9. The summed E-state index contributed by atoms with van der Waals surface area (Å²) < 4.78 is 39.2. The van der Waals surface area contributed by atoms with Gasteiger partial charge in [-0.15, -0.1) is 0 Å². The summed E-state index contributed by atoms with van der Waals surface area (Å²) in [5.41, 5.74) is 0.0250. The molecule has 0 atom stereocenters. The molecule has 0 bridgehead atoms. The van der Waals surface area contributed by atoms with Crippen molar-refractivity contribution in [2.24, 2.45) is 0 Å². The van der Waals surface area contributed by atoms with Gasteiger partial charge in [0.25, 0.3) is 0 Å². The minimum Gasteiger partial charge on any atom is -0.478 e. The molecule has 2 heterocycles. The number of halogens is 3. The van der Waals surface area contributed by atoms with Crippen LogP contribution in [0.2, 0.25) is 0 Å². The van der Waals surface area contributed by atoms with E-state index in [1.54, 1.807) is 12.1 Å². The third kappa shape index (κ3) is 2.39. The zero-order valence-corrected chi connectivity index (χ0v) is 10.9. The number of carbonyl (C=O) groups is 1. The van der Waals surface area contributed by atoms with Crippen molar-refractivity contribution >= 4 is 11.7 Å². The van der Waals surface area contributed by atoms with Gasteiger partial charge in [-0.2, -0.15) is 13.2 Å². The quantitative estimate of drug-likeness (QED) is 0.790. The Labute approximate surface area is 121 Å². The number of carboxylic acid groups (broad SMARTS) is 1. The highest BCUT2D eigenvalue weighted by atomic mass is 19.4. The summed E-state index contributed by atoms with van der Waals surface area (Å²) >= 11 is 0. The van der Waals surface area contributed by atoms with E-state index < -0.39 is 17.8 Å². The number of aromatic carboxylic acids is 1. The van der Waals surface area contributed by atoms with Crippen LogP contribution in [0.4, 0.5) is 13.2 Å². The van der Waals surface area contributed by atoms with E-state index in [0.717, 1.165) is 6.07 Å². The first-order valence-electron chi connectivity index (χ1n) is 6.11. The van der Waals surface area contributed by atoms with Gasteiger partial charge in [0.2, 0.25) is 5.78 Å². The fourth-order valence-electron chi connectivity index (χ4n) is 2.05. The molecule has 0 unspecified atom stereocenters. The number of hydrogen-bond acceptors (Lipinski definition) is 3. The van der Waals surface area contributed by atoms with E-state index in [4.69, 9.17) is 5.11 Å². The normalized spacial score (nSPS) is 11.8. The predicted octanol–water partition coefficient (Wildman–Crippen LogP) is 3.11. The molecular formula is C14H8F3N3O2. The molecule has 3 aromatic rings. The molecule has 0 aliphatic carbocycles. The van der Waals surface area contributed by atoms with Crippen LogP contribution in [-0.2, 0) is 6.18 Å². The first kappa shape index (κ1) is 14.1. The Kier molecular flexibility index (Phi) is 3.09. The Morgan fingerprint density at radius 3 is 2.68 bits per heavy atom. The molecule has 22 heavy (non-hydrogen) atoms. The lowest BCUT2D eigenvalue weighted by molar-refractivity contribution is -0.141. The molecule has 1 N–H and O–H groups in total. The third-order valence-corrected chi connectivity index (χ3v) is 3.07. The van der Waals surface area contributed by atoms with Crippen LogP contribution in [0.3, 0.4) is 0 Å². The first-order chi connectivity index (χ1) is 10.4. The number of rotatable bonds is 2. The van der Waals surface area contributed by atoms with Crippen LogP contribution in [0.1, 0.15) is 16.1 Å². The van der Waals surface area contributed by atoms with Crippen LogP contribution in [0.5, 0.6) is 0 Å². The van der Waals surface area contributed by atoms with Gasteiger partial charge in [0, 0.05) is 11.8 Å². The van der Waals surface area contributed by atoms with Gasteiger partial charge in [-0.05, 0) is 18.2 Å². The summed E-state index contributed by atoms with van der Waals surface area (Å²) in [7, 11) is 0. The van der Waals surface area contributed by atoms with E-state index in [0.29, 0.717) is 11.3 Å². The highest BCUT2D eigenvalue weighted by Crippen LogP contribution is 2.28. The first-order valence-corrected chi connectivity index (χ1v) is 6.11. The van der Waals surface area contributed by atoms with Crippen molar-refractivity contribution in [3.8, 4) is 11.3 Å². The van der Waals surface area contributed by atoms with Crippen LogP contribution in [0.15, 0.2) is 42.7 Å². The van der Waals surface area contributed by atoms with Gasteiger partial charge in [-0.1, -0.05) is 12.1 Å². The molecule has 0 saturated carbocycles. The number of alkyl halides is 3. The highest BCUT2D eigenvalue weighted by molar-refractivity contribution is 5.89. The van der Waals surface area contributed by atoms with Gasteiger partial charge in [-0.3, -0.25) is 4.40 Å². The summed E-state index contributed by atoms with van der Waals surface area (Å²) in [6.07, 6.45) is -1.98. The van der Waals surface area contributed by atoms with Crippen molar-refractivity contribution in [3.05, 3.63) is 54.0 Å². The van der Waals surface area contributed by atoms with Crippen LogP contribution >= 0.6 is 0 Å². The second-order valence-electron chi connectivity index (χ2n) is 4.51. The molecule has 0 aliphatic rings. The fraction of sp³-hybridized carbons (Fsp3) is 0.0714. The zero-order chi connectivity index (χ0) is 15.9. The van der Waals surface area contributed by atoms with Crippen molar-refractivity contribution in [2.75, 3.05) is 0 Å². The average Bonchev–Trinajstić information content (AvgIpc) is 2.89. The maximum absolute atomic E-state index is 12.6. The van der Waals surface area contributed by atoms with Crippen molar-refractivity contribution in [1.82, 2.24) is 14.4 Å². The Morgan fingerprint density at radius 1 is 1.23 bits per heavy atom. The van der Waals surface area contributed by atoms with E-state index in [2.05, 4.69) is 9.97 Å². The molecule has 0 amide bonds. The molecule has 8 heteroatoms.